The van der Waals surface area contributed by atoms with Gasteiger partial charge in [0, 0.05) is 17.5 Å². The highest BCUT2D eigenvalue weighted by Gasteiger charge is 2.55. The van der Waals surface area contributed by atoms with Crippen LogP contribution in [0.15, 0.2) is 24.3 Å². The van der Waals surface area contributed by atoms with Gasteiger partial charge in [-0.1, -0.05) is 44.5 Å². The number of rotatable bonds is 0. The molecule has 5 atom stereocenters. The Hall–Kier alpha value is -0.820. The van der Waals surface area contributed by atoms with Crippen molar-refractivity contribution in [2.24, 2.45) is 5.92 Å². The Bertz CT molecular complexity index is 518. The molecule has 5 unspecified atom stereocenters. The number of hydrogen-bond acceptors (Lipinski definition) is 1. The van der Waals surface area contributed by atoms with Gasteiger partial charge in [0.1, 0.15) is 0 Å². The van der Waals surface area contributed by atoms with E-state index in [1.807, 2.05) is 0 Å². The number of likely N-dealkylation sites (N-methyl/N-ethyl adjacent to an activating group) is 1. The Morgan fingerprint density at radius 3 is 2.75 bits per heavy atom. The molecule has 3 fully saturated rings. The third kappa shape index (κ3) is 1.48. The summed E-state index contributed by atoms with van der Waals surface area (Å²) in [5.41, 5.74) is 3.79. The van der Waals surface area contributed by atoms with E-state index in [0.717, 1.165) is 18.0 Å². The molecule has 2 aliphatic carbocycles. The minimum atomic E-state index is 0.449. The summed E-state index contributed by atoms with van der Waals surface area (Å²) in [6.07, 6.45) is 7.06. The van der Waals surface area contributed by atoms with Crippen LogP contribution in [0.5, 0.6) is 0 Å². The van der Waals surface area contributed by atoms with E-state index in [1.165, 1.54) is 32.1 Å². The van der Waals surface area contributed by atoms with Crippen molar-refractivity contribution in [3.63, 3.8) is 0 Å². The number of hydrogen-bond donors (Lipinski definition) is 0. The molecule has 0 amide bonds. The molecule has 2 heterocycles. The van der Waals surface area contributed by atoms with Crippen molar-refractivity contribution >= 4 is 0 Å². The lowest BCUT2D eigenvalue weighted by molar-refractivity contribution is 0.00665. The molecule has 2 aliphatic heterocycles. The summed E-state index contributed by atoms with van der Waals surface area (Å²) in [7, 11) is 2.41. The molecular formula is C19H27N. The van der Waals surface area contributed by atoms with Crippen LogP contribution < -0.4 is 0 Å². The minimum absolute atomic E-state index is 0.449. The van der Waals surface area contributed by atoms with Gasteiger partial charge in [-0.2, -0.15) is 0 Å². The van der Waals surface area contributed by atoms with E-state index in [4.69, 9.17) is 0 Å². The zero-order valence-electron chi connectivity index (χ0n) is 13.1. The molecule has 20 heavy (non-hydrogen) atoms. The van der Waals surface area contributed by atoms with Gasteiger partial charge >= 0.3 is 0 Å². The molecule has 0 aromatic heterocycles. The molecule has 0 radical (unpaired) electrons. The van der Waals surface area contributed by atoms with Crippen molar-refractivity contribution in [3.05, 3.63) is 35.4 Å². The maximum atomic E-state index is 2.77. The normalized spacial score (nSPS) is 43.8. The highest BCUT2D eigenvalue weighted by atomic mass is 15.2. The van der Waals surface area contributed by atoms with E-state index in [-0.39, 0.29) is 0 Å². The van der Waals surface area contributed by atoms with Gasteiger partial charge in [-0.05, 0) is 55.7 Å². The van der Waals surface area contributed by atoms with Gasteiger partial charge < -0.3 is 0 Å². The lowest BCUT2D eigenvalue weighted by Crippen LogP contribution is -2.61. The second kappa shape index (κ2) is 4.34. The molecule has 0 N–H and O–H groups in total. The fraction of sp³-hybridized carbons (Fsp3) is 0.684. The first-order chi connectivity index (χ1) is 9.65. The number of nitrogens with zero attached hydrogens (tertiary/aromatic N) is 1. The van der Waals surface area contributed by atoms with Crippen LogP contribution in [0, 0.1) is 5.92 Å². The van der Waals surface area contributed by atoms with E-state index in [9.17, 15) is 0 Å². The van der Waals surface area contributed by atoms with E-state index < -0.39 is 0 Å². The molecule has 1 aromatic rings. The first kappa shape index (κ1) is 12.9. The summed E-state index contributed by atoms with van der Waals surface area (Å²) in [5, 5.41) is 0. The fourth-order valence-electron chi connectivity index (χ4n) is 5.87. The van der Waals surface area contributed by atoms with Crippen LogP contribution in [0.1, 0.15) is 63.0 Å². The molecule has 2 saturated heterocycles. The van der Waals surface area contributed by atoms with Gasteiger partial charge in [-0.3, -0.25) is 4.90 Å². The first-order valence-corrected chi connectivity index (χ1v) is 8.46. The predicted octanol–water partition coefficient (Wildman–Crippen LogP) is 4.32. The summed E-state index contributed by atoms with van der Waals surface area (Å²) in [6, 6.07) is 11.0. The monoisotopic (exact) mass is 269 g/mol. The number of piperidine rings is 1. The van der Waals surface area contributed by atoms with Crippen LogP contribution in [0.2, 0.25) is 0 Å². The highest BCUT2D eigenvalue weighted by molar-refractivity contribution is 5.43. The zero-order chi connectivity index (χ0) is 13.9. The Kier molecular flexibility index (Phi) is 2.79. The fourth-order valence-corrected chi connectivity index (χ4v) is 5.87. The molecule has 1 saturated carbocycles. The minimum Gasteiger partial charge on any atom is -0.299 e. The first-order valence-electron chi connectivity index (χ1n) is 8.46. The van der Waals surface area contributed by atoms with E-state index in [1.54, 1.807) is 11.1 Å². The molecular weight excluding hydrogens is 242 g/mol. The van der Waals surface area contributed by atoms with Crippen molar-refractivity contribution in [1.82, 2.24) is 4.90 Å². The topological polar surface area (TPSA) is 3.24 Å². The lowest BCUT2D eigenvalue weighted by atomic mass is 9.55. The van der Waals surface area contributed by atoms with Gasteiger partial charge in [-0.25, -0.2) is 0 Å². The summed E-state index contributed by atoms with van der Waals surface area (Å²) < 4.78 is 0. The van der Waals surface area contributed by atoms with Crippen LogP contribution in [-0.4, -0.2) is 24.0 Å². The van der Waals surface area contributed by atoms with Gasteiger partial charge in [0.05, 0.1) is 0 Å². The van der Waals surface area contributed by atoms with Crippen LogP contribution in [-0.2, 0) is 5.41 Å². The Labute approximate surface area is 123 Å². The third-order valence-electron chi connectivity index (χ3n) is 6.94. The second-order valence-electron chi connectivity index (χ2n) is 7.59. The second-order valence-corrected chi connectivity index (χ2v) is 7.59. The van der Waals surface area contributed by atoms with E-state index >= 15 is 0 Å². The maximum absolute atomic E-state index is 2.77. The van der Waals surface area contributed by atoms with Crippen molar-refractivity contribution in [2.75, 3.05) is 7.05 Å². The van der Waals surface area contributed by atoms with Crippen molar-refractivity contribution < 1.29 is 0 Å². The smallest absolute Gasteiger partial charge is 0.0223 e. The Balaban J connectivity index is 1.95. The standard InChI is InChI=1S/C19H27N/c1-13-14(2)18-19(17-9-5-4-8-16(13)17)11-6-7-15(10-12-19)20(18)3/h4-5,8-9,13-15,18H,6-7,10-12H2,1-3H3. The molecule has 1 nitrogen and oxygen atoms in total. The Morgan fingerprint density at radius 2 is 1.90 bits per heavy atom. The predicted molar refractivity (Wildman–Crippen MR) is 84.1 cm³/mol. The summed E-state index contributed by atoms with van der Waals surface area (Å²) in [6.45, 7) is 4.95. The van der Waals surface area contributed by atoms with Gasteiger partial charge in [0.2, 0.25) is 0 Å². The van der Waals surface area contributed by atoms with Crippen LogP contribution in [0.25, 0.3) is 0 Å². The largest absolute Gasteiger partial charge is 0.299 e. The van der Waals surface area contributed by atoms with Crippen molar-refractivity contribution in [1.29, 1.82) is 0 Å². The van der Waals surface area contributed by atoms with E-state index in [2.05, 4.69) is 50.1 Å². The highest BCUT2D eigenvalue weighted by Crippen LogP contribution is 2.57. The molecule has 5 rings (SSSR count). The third-order valence-corrected chi connectivity index (χ3v) is 6.94. The molecule has 1 aromatic carbocycles. The number of fused-ring (bicyclic) bond motifs is 4. The number of benzene rings is 1. The van der Waals surface area contributed by atoms with Crippen LogP contribution in [0.4, 0.5) is 0 Å². The average Bonchev–Trinajstić information content (AvgIpc) is 2.76. The maximum Gasteiger partial charge on any atom is 0.0223 e. The molecule has 108 valence electrons. The van der Waals surface area contributed by atoms with Crippen molar-refractivity contribution in [2.45, 2.75) is 69.4 Å². The van der Waals surface area contributed by atoms with Crippen LogP contribution in [0.3, 0.4) is 0 Å². The molecule has 2 bridgehead atoms. The zero-order valence-corrected chi connectivity index (χ0v) is 13.1. The van der Waals surface area contributed by atoms with Gasteiger partial charge in [0.15, 0.2) is 0 Å². The Morgan fingerprint density at radius 1 is 1.10 bits per heavy atom. The summed E-state index contributed by atoms with van der Waals surface area (Å²) >= 11 is 0. The lowest BCUT2D eigenvalue weighted by Gasteiger charge is -2.57. The van der Waals surface area contributed by atoms with E-state index in [0.29, 0.717) is 11.3 Å². The molecule has 1 heteroatoms. The van der Waals surface area contributed by atoms with Crippen LogP contribution >= 0.6 is 0 Å². The quantitative estimate of drug-likeness (QED) is 0.678. The SMILES string of the molecule is CC1c2ccccc2C23CCCC(CC2)N(C)C3C1C. The van der Waals surface area contributed by atoms with Crippen molar-refractivity contribution in [3.8, 4) is 0 Å². The van der Waals surface area contributed by atoms with Gasteiger partial charge in [-0.15, -0.1) is 0 Å². The molecule has 1 spiro atoms. The average molecular weight is 269 g/mol. The van der Waals surface area contributed by atoms with Gasteiger partial charge in [0.25, 0.3) is 0 Å². The molecule has 4 aliphatic rings. The summed E-state index contributed by atoms with van der Waals surface area (Å²) in [5.74, 6) is 1.47. The summed E-state index contributed by atoms with van der Waals surface area (Å²) in [4.78, 5) is 2.77.